The van der Waals surface area contributed by atoms with Gasteiger partial charge in [-0.25, -0.2) is 0 Å². The van der Waals surface area contributed by atoms with Crippen LogP contribution < -0.4 is 4.74 Å². The molecule has 5 heteroatoms. The monoisotopic (exact) mass is 300 g/mol. The maximum atomic E-state index is 12.6. The van der Waals surface area contributed by atoms with E-state index in [4.69, 9.17) is 9.47 Å². The minimum atomic E-state index is -0.788. The van der Waals surface area contributed by atoms with Gasteiger partial charge in [-0.05, 0) is 36.8 Å². The van der Waals surface area contributed by atoms with E-state index in [2.05, 4.69) is 0 Å². The first-order chi connectivity index (χ1) is 10.6. The Morgan fingerprint density at radius 1 is 1.14 bits per heavy atom. The molecule has 0 amide bonds. The molecule has 0 aliphatic carbocycles. The van der Waals surface area contributed by atoms with Crippen molar-refractivity contribution in [1.29, 1.82) is 0 Å². The predicted octanol–water partition coefficient (Wildman–Crippen LogP) is 2.82. The molecular formula is C17H16O5. The van der Waals surface area contributed by atoms with Crippen LogP contribution in [0.25, 0.3) is 0 Å². The highest BCUT2D eigenvalue weighted by Crippen LogP contribution is 2.38. The van der Waals surface area contributed by atoms with Crippen LogP contribution in [0.2, 0.25) is 0 Å². The molecule has 114 valence electrons. The van der Waals surface area contributed by atoms with Crippen LogP contribution in [0.1, 0.15) is 28.9 Å². The summed E-state index contributed by atoms with van der Waals surface area (Å²) in [5, 5.41) is 19.1. The number of carbonyl (C=O) groups is 1. The lowest BCUT2D eigenvalue weighted by molar-refractivity contribution is -0.0175. The number of fused-ring (bicyclic) bond motifs is 1. The minimum Gasteiger partial charge on any atom is -0.504 e. The summed E-state index contributed by atoms with van der Waals surface area (Å²) in [5.74, 6) is -0.149. The highest BCUT2D eigenvalue weighted by molar-refractivity contribution is 6.03. The molecule has 0 radical (unpaired) electrons. The van der Waals surface area contributed by atoms with E-state index in [1.54, 1.807) is 37.3 Å². The Balaban J connectivity index is 2.05. The third-order valence-corrected chi connectivity index (χ3v) is 3.61. The van der Waals surface area contributed by atoms with Gasteiger partial charge in [0, 0.05) is 6.61 Å². The molecule has 2 unspecified atom stereocenters. The fourth-order valence-corrected chi connectivity index (χ4v) is 2.57. The third kappa shape index (κ3) is 2.40. The number of Topliss-reactive ketones (excluding diaryl/α,β-unsaturated/α-hetero) is 1. The molecule has 0 saturated carbocycles. The summed E-state index contributed by atoms with van der Waals surface area (Å²) in [6.07, 6.45) is -1.46. The van der Waals surface area contributed by atoms with Gasteiger partial charge in [-0.15, -0.1) is 0 Å². The van der Waals surface area contributed by atoms with Gasteiger partial charge in [0.1, 0.15) is 5.75 Å². The summed E-state index contributed by atoms with van der Waals surface area (Å²) in [4.78, 5) is 12.6. The standard InChI is InChI=1S/C17H16O5/c1-2-21-17-15(20)11-5-3-4-6-14(11)22-16(17)10-7-8-12(18)13(19)9-10/h3-9,16-19H,2H2,1H3. The van der Waals surface area contributed by atoms with E-state index in [1.807, 2.05) is 0 Å². The number of carbonyl (C=O) groups excluding carboxylic acids is 1. The molecule has 0 aromatic heterocycles. The Morgan fingerprint density at radius 3 is 2.64 bits per heavy atom. The number of aromatic hydroxyl groups is 2. The summed E-state index contributed by atoms with van der Waals surface area (Å²) in [7, 11) is 0. The van der Waals surface area contributed by atoms with E-state index >= 15 is 0 Å². The van der Waals surface area contributed by atoms with Crippen LogP contribution >= 0.6 is 0 Å². The molecule has 2 aromatic carbocycles. The van der Waals surface area contributed by atoms with Gasteiger partial charge in [0.2, 0.25) is 0 Å². The first-order valence-electron chi connectivity index (χ1n) is 7.05. The molecular weight excluding hydrogens is 284 g/mol. The number of phenolic OH excluding ortho intramolecular Hbond substituents is 2. The fraction of sp³-hybridized carbons (Fsp3) is 0.235. The van der Waals surface area contributed by atoms with Crippen LogP contribution in [-0.4, -0.2) is 28.7 Å². The van der Waals surface area contributed by atoms with E-state index in [0.717, 1.165) is 0 Å². The molecule has 3 rings (SSSR count). The molecule has 5 nitrogen and oxygen atoms in total. The largest absolute Gasteiger partial charge is 0.504 e. The van der Waals surface area contributed by atoms with E-state index in [1.165, 1.54) is 12.1 Å². The maximum absolute atomic E-state index is 12.6. The Hall–Kier alpha value is -2.53. The zero-order valence-electron chi connectivity index (χ0n) is 12.0. The number of rotatable bonds is 3. The molecule has 2 N–H and O–H groups in total. The highest BCUT2D eigenvalue weighted by atomic mass is 16.5. The molecule has 1 aliphatic heterocycles. The van der Waals surface area contributed by atoms with Crippen LogP contribution in [-0.2, 0) is 4.74 Å². The van der Waals surface area contributed by atoms with Crippen molar-refractivity contribution in [3.63, 3.8) is 0 Å². The van der Waals surface area contributed by atoms with Gasteiger partial charge >= 0.3 is 0 Å². The number of ketones is 1. The van der Waals surface area contributed by atoms with Crippen LogP contribution in [0.5, 0.6) is 17.2 Å². The van der Waals surface area contributed by atoms with Gasteiger partial charge in [-0.1, -0.05) is 18.2 Å². The molecule has 0 bridgehead atoms. The van der Waals surface area contributed by atoms with Gasteiger partial charge in [0.05, 0.1) is 5.56 Å². The smallest absolute Gasteiger partial charge is 0.199 e. The van der Waals surface area contributed by atoms with Crippen molar-refractivity contribution < 1.29 is 24.5 Å². The quantitative estimate of drug-likeness (QED) is 0.852. The van der Waals surface area contributed by atoms with Crippen molar-refractivity contribution in [2.75, 3.05) is 6.61 Å². The minimum absolute atomic E-state index is 0.152. The second kappa shape index (κ2) is 5.69. The lowest BCUT2D eigenvalue weighted by atomic mass is 9.93. The number of para-hydroxylation sites is 1. The van der Waals surface area contributed by atoms with Gasteiger partial charge in [0.15, 0.2) is 29.5 Å². The zero-order chi connectivity index (χ0) is 15.7. The Labute approximate surface area is 127 Å². The highest BCUT2D eigenvalue weighted by Gasteiger charge is 2.38. The zero-order valence-corrected chi connectivity index (χ0v) is 12.0. The molecule has 0 saturated heterocycles. The van der Waals surface area contributed by atoms with Crippen molar-refractivity contribution in [2.45, 2.75) is 19.1 Å². The number of hydrogen-bond donors (Lipinski definition) is 2. The van der Waals surface area contributed by atoms with Gasteiger partial charge < -0.3 is 19.7 Å². The maximum Gasteiger partial charge on any atom is 0.199 e. The molecule has 1 heterocycles. The molecule has 0 spiro atoms. The van der Waals surface area contributed by atoms with E-state index in [0.29, 0.717) is 23.5 Å². The Morgan fingerprint density at radius 2 is 1.91 bits per heavy atom. The lowest BCUT2D eigenvalue weighted by Gasteiger charge is -2.32. The van der Waals surface area contributed by atoms with Crippen LogP contribution in [0.3, 0.4) is 0 Å². The Kier molecular flexibility index (Phi) is 3.73. The van der Waals surface area contributed by atoms with Gasteiger partial charge in [-0.2, -0.15) is 0 Å². The molecule has 2 aromatic rings. The SMILES string of the molecule is CCOC1C(=O)c2ccccc2OC1c1ccc(O)c(O)c1. The lowest BCUT2D eigenvalue weighted by Crippen LogP contribution is -2.38. The summed E-state index contributed by atoms with van der Waals surface area (Å²) < 4.78 is 11.5. The normalized spacial score (nSPS) is 20.3. The molecule has 1 aliphatic rings. The summed E-state index contributed by atoms with van der Waals surface area (Å²) in [6, 6.07) is 11.3. The predicted molar refractivity (Wildman–Crippen MR) is 79.3 cm³/mol. The number of phenols is 2. The van der Waals surface area contributed by atoms with Crippen molar-refractivity contribution in [2.24, 2.45) is 0 Å². The van der Waals surface area contributed by atoms with E-state index < -0.39 is 12.2 Å². The average Bonchev–Trinajstić information content (AvgIpc) is 2.53. The van der Waals surface area contributed by atoms with Crippen molar-refractivity contribution >= 4 is 5.78 Å². The summed E-state index contributed by atoms with van der Waals surface area (Å²) >= 11 is 0. The van der Waals surface area contributed by atoms with Crippen molar-refractivity contribution in [3.05, 3.63) is 53.6 Å². The molecule has 0 fully saturated rings. The molecule has 2 atom stereocenters. The topological polar surface area (TPSA) is 76.0 Å². The average molecular weight is 300 g/mol. The number of hydrogen-bond acceptors (Lipinski definition) is 5. The van der Waals surface area contributed by atoms with Crippen molar-refractivity contribution in [1.82, 2.24) is 0 Å². The first-order valence-corrected chi connectivity index (χ1v) is 7.05. The summed E-state index contributed by atoms with van der Waals surface area (Å²) in [5.41, 5.74) is 1.05. The van der Waals surface area contributed by atoms with E-state index in [-0.39, 0.29) is 17.3 Å². The van der Waals surface area contributed by atoms with Gasteiger partial charge in [0.25, 0.3) is 0 Å². The van der Waals surface area contributed by atoms with Crippen molar-refractivity contribution in [3.8, 4) is 17.2 Å². The third-order valence-electron chi connectivity index (χ3n) is 3.61. The number of ether oxygens (including phenoxy) is 2. The second-order valence-corrected chi connectivity index (χ2v) is 5.02. The summed E-state index contributed by atoms with van der Waals surface area (Å²) in [6.45, 7) is 2.17. The second-order valence-electron chi connectivity index (χ2n) is 5.02. The van der Waals surface area contributed by atoms with Crippen LogP contribution in [0, 0.1) is 0 Å². The van der Waals surface area contributed by atoms with Crippen LogP contribution in [0.4, 0.5) is 0 Å². The van der Waals surface area contributed by atoms with Gasteiger partial charge in [-0.3, -0.25) is 4.79 Å². The fourth-order valence-electron chi connectivity index (χ4n) is 2.57. The van der Waals surface area contributed by atoms with Crippen LogP contribution in [0.15, 0.2) is 42.5 Å². The van der Waals surface area contributed by atoms with E-state index in [9.17, 15) is 15.0 Å². The number of benzene rings is 2. The first kappa shape index (κ1) is 14.4. The molecule has 22 heavy (non-hydrogen) atoms. The Bertz CT molecular complexity index is 710.